The molecule has 7 nitrogen and oxygen atoms in total. The van der Waals surface area contributed by atoms with Crippen LogP contribution in [0.15, 0.2) is 18.2 Å². The van der Waals surface area contributed by atoms with Gasteiger partial charge in [0.25, 0.3) is 5.91 Å². The van der Waals surface area contributed by atoms with Crippen LogP contribution in [0.3, 0.4) is 0 Å². The van der Waals surface area contributed by atoms with Gasteiger partial charge in [-0.1, -0.05) is 6.07 Å². The molecule has 0 aliphatic carbocycles. The fourth-order valence-corrected chi connectivity index (χ4v) is 2.12. The van der Waals surface area contributed by atoms with E-state index in [-0.39, 0.29) is 31.0 Å². The van der Waals surface area contributed by atoms with E-state index in [4.69, 9.17) is 9.47 Å². The van der Waals surface area contributed by atoms with Crippen molar-refractivity contribution in [3.8, 4) is 5.75 Å². The van der Waals surface area contributed by atoms with Crippen LogP contribution in [0.5, 0.6) is 5.75 Å². The molecule has 1 unspecified atom stereocenters. The number of ether oxygens (including phenoxy) is 2. The minimum absolute atomic E-state index is 0.0335. The van der Waals surface area contributed by atoms with Crippen LogP contribution in [0.4, 0.5) is 5.69 Å². The van der Waals surface area contributed by atoms with Crippen molar-refractivity contribution >= 4 is 17.5 Å². The summed E-state index contributed by atoms with van der Waals surface area (Å²) in [5, 5.41) is 8.63. The van der Waals surface area contributed by atoms with E-state index in [2.05, 4.69) is 16.0 Å². The fourth-order valence-electron chi connectivity index (χ4n) is 2.12. The zero-order chi connectivity index (χ0) is 15.9. The summed E-state index contributed by atoms with van der Waals surface area (Å²) in [6.45, 7) is 3.35. The van der Waals surface area contributed by atoms with E-state index in [1.54, 1.807) is 13.2 Å². The van der Waals surface area contributed by atoms with Gasteiger partial charge in [0, 0.05) is 13.7 Å². The molecular formula is C15H21N3O4. The van der Waals surface area contributed by atoms with Crippen molar-refractivity contribution in [2.45, 2.75) is 13.0 Å². The Morgan fingerprint density at radius 3 is 3.09 bits per heavy atom. The van der Waals surface area contributed by atoms with E-state index in [1.165, 1.54) is 0 Å². The third-order valence-electron chi connectivity index (χ3n) is 3.28. The Morgan fingerprint density at radius 2 is 2.32 bits per heavy atom. The number of anilines is 1. The summed E-state index contributed by atoms with van der Waals surface area (Å²) in [6.07, 6.45) is 0. The summed E-state index contributed by atoms with van der Waals surface area (Å²) in [5.74, 6) is 0.369. The van der Waals surface area contributed by atoms with Crippen LogP contribution in [0.1, 0.15) is 18.5 Å². The summed E-state index contributed by atoms with van der Waals surface area (Å²) in [5.41, 5.74) is 1.53. The molecule has 0 bridgehead atoms. The summed E-state index contributed by atoms with van der Waals surface area (Å²) in [7, 11) is 1.61. The SMILES string of the molecule is COCCNCC(=O)NC(C)c1ccc2c(c1)NC(=O)CO2. The summed E-state index contributed by atoms with van der Waals surface area (Å²) < 4.78 is 10.2. The molecule has 1 heterocycles. The van der Waals surface area contributed by atoms with Gasteiger partial charge in [-0.05, 0) is 24.6 Å². The van der Waals surface area contributed by atoms with E-state index >= 15 is 0 Å². The molecular weight excluding hydrogens is 286 g/mol. The Balaban J connectivity index is 1.89. The number of benzene rings is 1. The van der Waals surface area contributed by atoms with Gasteiger partial charge in [0.15, 0.2) is 6.61 Å². The zero-order valence-corrected chi connectivity index (χ0v) is 12.8. The summed E-state index contributed by atoms with van der Waals surface area (Å²) >= 11 is 0. The van der Waals surface area contributed by atoms with Gasteiger partial charge in [-0.15, -0.1) is 0 Å². The lowest BCUT2D eigenvalue weighted by Gasteiger charge is -2.21. The lowest BCUT2D eigenvalue weighted by atomic mass is 10.1. The third kappa shape index (κ3) is 4.44. The lowest BCUT2D eigenvalue weighted by Crippen LogP contribution is -2.36. The highest BCUT2D eigenvalue weighted by molar-refractivity contribution is 5.95. The molecule has 1 aliphatic rings. The minimum atomic E-state index is -0.177. The Bertz CT molecular complexity index is 548. The number of fused-ring (bicyclic) bond motifs is 1. The Morgan fingerprint density at radius 1 is 1.50 bits per heavy atom. The maximum Gasteiger partial charge on any atom is 0.262 e. The maximum absolute atomic E-state index is 11.8. The minimum Gasteiger partial charge on any atom is -0.482 e. The van der Waals surface area contributed by atoms with Crippen LogP contribution >= 0.6 is 0 Å². The van der Waals surface area contributed by atoms with Gasteiger partial charge >= 0.3 is 0 Å². The molecule has 1 aliphatic heterocycles. The van der Waals surface area contributed by atoms with Gasteiger partial charge in [-0.3, -0.25) is 9.59 Å². The molecule has 7 heteroatoms. The molecule has 1 aromatic rings. The van der Waals surface area contributed by atoms with Crippen molar-refractivity contribution < 1.29 is 19.1 Å². The highest BCUT2D eigenvalue weighted by Gasteiger charge is 2.18. The number of rotatable bonds is 7. The quantitative estimate of drug-likeness (QED) is 0.636. The second kappa shape index (κ2) is 7.77. The van der Waals surface area contributed by atoms with E-state index in [0.717, 1.165) is 5.56 Å². The second-order valence-corrected chi connectivity index (χ2v) is 5.05. The van der Waals surface area contributed by atoms with Gasteiger partial charge in [0.05, 0.1) is 24.9 Å². The first kappa shape index (κ1) is 16.3. The molecule has 1 atom stereocenters. The molecule has 120 valence electrons. The van der Waals surface area contributed by atoms with E-state index < -0.39 is 0 Å². The normalized spacial score (nSPS) is 14.5. The number of hydrogen-bond donors (Lipinski definition) is 3. The molecule has 1 aromatic carbocycles. The van der Waals surface area contributed by atoms with Crippen LogP contribution in [0.25, 0.3) is 0 Å². The Labute approximate surface area is 129 Å². The molecule has 2 rings (SSSR count). The van der Waals surface area contributed by atoms with Crippen LogP contribution < -0.4 is 20.7 Å². The van der Waals surface area contributed by atoms with Crippen molar-refractivity contribution in [1.29, 1.82) is 0 Å². The van der Waals surface area contributed by atoms with Gasteiger partial charge in [0.1, 0.15) is 5.75 Å². The van der Waals surface area contributed by atoms with E-state index in [1.807, 2.05) is 19.1 Å². The first-order chi connectivity index (χ1) is 10.6. The van der Waals surface area contributed by atoms with Crippen molar-refractivity contribution in [2.75, 3.05) is 38.7 Å². The van der Waals surface area contributed by atoms with E-state index in [9.17, 15) is 9.59 Å². The molecule has 0 saturated carbocycles. The standard InChI is InChI=1S/C15H21N3O4/c1-10(17-14(19)8-16-5-6-21-2)11-3-4-13-12(7-11)18-15(20)9-22-13/h3-4,7,10,16H,5-6,8-9H2,1-2H3,(H,17,19)(H,18,20). The smallest absolute Gasteiger partial charge is 0.262 e. The molecule has 0 aromatic heterocycles. The Hall–Kier alpha value is -2.12. The molecule has 3 N–H and O–H groups in total. The van der Waals surface area contributed by atoms with Crippen LogP contribution in [0.2, 0.25) is 0 Å². The first-order valence-electron chi connectivity index (χ1n) is 7.15. The number of nitrogens with one attached hydrogen (secondary N) is 3. The molecule has 22 heavy (non-hydrogen) atoms. The average Bonchev–Trinajstić information content (AvgIpc) is 2.50. The molecule has 2 amide bonds. The van der Waals surface area contributed by atoms with Gasteiger partial charge < -0.3 is 25.4 Å². The molecule has 0 spiro atoms. The molecule has 0 saturated heterocycles. The van der Waals surface area contributed by atoms with Crippen molar-refractivity contribution in [2.24, 2.45) is 0 Å². The number of hydrogen-bond acceptors (Lipinski definition) is 5. The van der Waals surface area contributed by atoms with Crippen LogP contribution in [-0.4, -0.2) is 45.2 Å². The number of methoxy groups -OCH3 is 1. The number of carbonyl (C=O) groups excluding carboxylic acids is 2. The lowest BCUT2D eigenvalue weighted by molar-refractivity contribution is -0.121. The number of amides is 2. The van der Waals surface area contributed by atoms with Crippen molar-refractivity contribution in [3.63, 3.8) is 0 Å². The van der Waals surface area contributed by atoms with Gasteiger partial charge in [-0.2, -0.15) is 0 Å². The molecule has 0 radical (unpaired) electrons. The first-order valence-corrected chi connectivity index (χ1v) is 7.15. The molecule has 0 fully saturated rings. The Kier molecular flexibility index (Phi) is 5.74. The topological polar surface area (TPSA) is 88.7 Å². The summed E-state index contributed by atoms with van der Waals surface area (Å²) in [4.78, 5) is 23.2. The van der Waals surface area contributed by atoms with Gasteiger partial charge in [0.2, 0.25) is 5.91 Å². The second-order valence-electron chi connectivity index (χ2n) is 5.05. The fraction of sp³-hybridized carbons (Fsp3) is 0.467. The highest BCUT2D eigenvalue weighted by atomic mass is 16.5. The highest BCUT2D eigenvalue weighted by Crippen LogP contribution is 2.30. The predicted octanol–water partition coefficient (Wildman–Crippen LogP) is 0.431. The average molecular weight is 307 g/mol. The monoisotopic (exact) mass is 307 g/mol. The zero-order valence-electron chi connectivity index (χ0n) is 12.8. The van der Waals surface area contributed by atoms with Gasteiger partial charge in [-0.25, -0.2) is 0 Å². The number of carbonyl (C=O) groups is 2. The summed E-state index contributed by atoms with van der Waals surface area (Å²) in [6, 6.07) is 5.32. The largest absolute Gasteiger partial charge is 0.482 e. The van der Waals surface area contributed by atoms with Crippen LogP contribution in [-0.2, 0) is 14.3 Å². The van der Waals surface area contributed by atoms with Crippen molar-refractivity contribution in [3.05, 3.63) is 23.8 Å². The maximum atomic E-state index is 11.8. The predicted molar refractivity (Wildman–Crippen MR) is 81.9 cm³/mol. The van der Waals surface area contributed by atoms with E-state index in [0.29, 0.717) is 24.6 Å². The third-order valence-corrected chi connectivity index (χ3v) is 3.28. The van der Waals surface area contributed by atoms with Crippen molar-refractivity contribution in [1.82, 2.24) is 10.6 Å². The van der Waals surface area contributed by atoms with Crippen LogP contribution in [0, 0.1) is 0 Å².